The maximum absolute atomic E-state index is 11.0. The van der Waals surface area contributed by atoms with Crippen LogP contribution in [0.2, 0.25) is 0 Å². The van der Waals surface area contributed by atoms with E-state index in [1.54, 1.807) is 6.92 Å². The smallest absolute Gasteiger partial charge is 0.246 e. The van der Waals surface area contributed by atoms with E-state index >= 15 is 0 Å². The first-order valence-corrected chi connectivity index (χ1v) is 4.25. The van der Waals surface area contributed by atoms with Crippen LogP contribution in [-0.4, -0.2) is 34.9 Å². The normalized spacial score (nSPS) is 15.1. The van der Waals surface area contributed by atoms with Crippen LogP contribution in [0.3, 0.4) is 0 Å². The first-order chi connectivity index (χ1) is 6.02. The highest BCUT2D eigenvalue weighted by atomic mass is 16.6. The Bertz CT molecular complexity index is 158. The van der Waals surface area contributed by atoms with Gasteiger partial charge in [0.2, 0.25) is 5.91 Å². The molecule has 1 unspecified atom stereocenters. The van der Waals surface area contributed by atoms with Crippen LogP contribution in [0.1, 0.15) is 26.7 Å². The van der Waals surface area contributed by atoms with Crippen molar-refractivity contribution in [2.24, 2.45) is 0 Å². The topological polar surface area (TPSA) is 78.8 Å². The van der Waals surface area contributed by atoms with E-state index in [0.717, 1.165) is 0 Å². The van der Waals surface area contributed by atoms with Gasteiger partial charge in [0.1, 0.15) is 0 Å². The summed E-state index contributed by atoms with van der Waals surface area (Å²) in [5.41, 5.74) is 0.996. The number of nitrogens with one attached hydrogen (secondary N) is 1. The van der Waals surface area contributed by atoms with Gasteiger partial charge >= 0.3 is 0 Å². The molecule has 0 aliphatic heterocycles. The summed E-state index contributed by atoms with van der Waals surface area (Å²) in [7, 11) is 0. The number of aliphatic hydroxyl groups excluding tert-OH is 1. The molecule has 78 valence electrons. The molecule has 0 saturated carbocycles. The highest BCUT2D eigenvalue weighted by Crippen LogP contribution is 2.13. The van der Waals surface area contributed by atoms with Crippen LogP contribution < -0.4 is 5.48 Å². The van der Waals surface area contributed by atoms with Gasteiger partial charge in [-0.05, 0) is 20.3 Å². The van der Waals surface area contributed by atoms with Crippen molar-refractivity contribution in [3.63, 3.8) is 0 Å². The number of rotatable bonds is 6. The molecule has 0 aliphatic rings. The molecule has 13 heavy (non-hydrogen) atoms. The molecule has 1 atom stereocenters. The van der Waals surface area contributed by atoms with E-state index in [0.29, 0.717) is 6.61 Å². The zero-order chi connectivity index (χ0) is 10.3. The number of carbonyl (C=O) groups is 1. The summed E-state index contributed by atoms with van der Waals surface area (Å²) in [5, 5.41) is 18.1. The number of hydrogen-bond acceptors (Lipinski definition) is 4. The highest BCUT2D eigenvalue weighted by Gasteiger charge is 2.23. The standard InChI is InChI=1S/C8H17NO4/c1-3-13-9-7(11)6-8(2,12)4-5-10/h10,12H,3-6H2,1-2H3,(H,9,11). The Morgan fingerprint density at radius 1 is 1.62 bits per heavy atom. The molecule has 1 amide bonds. The van der Waals surface area contributed by atoms with Crippen LogP contribution in [0.25, 0.3) is 0 Å². The van der Waals surface area contributed by atoms with Gasteiger partial charge in [0.25, 0.3) is 0 Å². The molecule has 0 spiro atoms. The lowest BCUT2D eigenvalue weighted by molar-refractivity contribution is -0.138. The number of aliphatic hydroxyl groups is 2. The second-order valence-corrected chi connectivity index (χ2v) is 3.11. The summed E-state index contributed by atoms with van der Waals surface area (Å²) in [6.45, 7) is 3.48. The quantitative estimate of drug-likeness (QED) is 0.498. The van der Waals surface area contributed by atoms with Gasteiger partial charge in [-0.25, -0.2) is 5.48 Å². The molecule has 0 aromatic heterocycles. The van der Waals surface area contributed by atoms with E-state index < -0.39 is 5.60 Å². The van der Waals surface area contributed by atoms with Crippen LogP contribution in [0.5, 0.6) is 0 Å². The van der Waals surface area contributed by atoms with Gasteiger partial charge in [0.15, 0.2) is 0 Å². The van der Waals surface area contributed by atoms with Gasteiger partial charge in [-0.3, -0.25) is 9.63 Å². The van der Waals surface area contributed by atoms with Crippen molar-refractivity contribution in [1.29, 1.82) is 0 Å². The minimum atomic E-state index is -1.17. The van der Waals surface area contributed by atoms with E-state index in [4.69, 9.17) is 5.11 Å². The van der Waals surface area contributed by atoms with Crippen molar-refractivity contribution in [2.75, 3.05) is 13.2 Å². The van der Waals surface area contributed by atoms with Gasteiger partial charge in [-0.1, -0.05) is 0 Å². The largest absolute Gasteiger partial charge is 0.396 e. The molecule has 3 N–H and O–H groups in total. The van der Waals surface area contributed by atoms with E-state index in [-0.39, 0.29) is 25.4 Å². The zero-order valence-corrected chi connectivity index (χ0v) is 8.04. The van der Waals surface area contributed by atoms with Crippen molar-refractivity contribution in [3.8, 4) is 0 Å². The summed E-state index contributed by atoms with van der Waals surface area (Å²) in [6.07, 6.45) is 0.0973. The number of hydrogen-bond donors (Lipinski definition) is 3. The van der Waals surface area contributed by atoms with Gasteiger partial charge < -0.3 is 10.2 Å². The fourth-order valence-electron chi connectivity index (χ4n) is 0.864. The third-order valence-corrected chi connectivity index (χ3v) is 1.52. The molecule has 5 heteroatoms. The molecule has 0 saturated heterocycles. The van der Waals surface area contributed by atoms with Gasteiger partial charge in [-0.15, -0.1) is 0 Å². The SMILES string of the molecule is CCONC(=O)CC(C)(O)CCO. The van der Waals surface area contributed by atoms with Crippen LogP contribution in [0.4, 0.5) is 0 Å². The minimum Gasteiger partial charge on any atom is -0.396 e. The molecule has 0 heterocycles. The fraction of sp³-hybridized carbons (Fsp3) is 0.875. The van der Waals surface area contributed by atoms with Crippen LogP contribution in [-0.2, 0) is 9.63 Å². The maximum Gasteiger partial charge on any atom is 0.246 e. The number of amides is 1. The second-order valence-electron chi connectivity index (χ2n) is 3.11. The maximum atomic E-state index is 11.0. The Hall–Kier alpha value is -0.650. The fourth-order valence-corrected chi connectivity index (χ4v) is 0.864. The molecule has 0 aromatic carbocycles. The Morgan fingerprint density at radius 2 is 2.23 bits per heavy atom. The predicted octanol–water partition coefficient (Wildman–Crippen LogP) is -0.422. The number of carbonyl (C=O) groups excluding carboxylic acids is 1. The lowest BCUT2D eigenvalue weighted by Gasteiger charge is -2.20. The molecule has 0 bridgehead atoms. The average molecular weight is 191 g/mol. The van der Waals surface area contributed by atoms with Crippen molar-refractivity contribution in [2.45, 2.75) is 32.3 Å². The number of hydroxylamine groups is 1. The summed E-state index contributed by atoms with van der Waals surface area (Å²) in [4.78, 5) is 15.7. The zero-order valence-electron chi connectivity index (χ0n) is 8.04. The van der Waals surface area contributed by atoms with Crippen LogP contribution >= 0.6 is 0 Å². The first-order valence-electron chi connectivity index (χ1n) is 4.25. The lowest BCUT2D eigenvalue weighted by atomic mass is 9.98. The summed E-state index contributed by atoms with van der Waals surface area (Å²) >= 11 is 0. The summed E-state index contributed by atoms with van der Waals surface area (Å²) < 4.78 is 0. The minimum absolute atomic E-state index is 0.0758. The van der Waals surface area contributed by atoms with E-state index in [9.17, 15) is 9.90 Å². The predicted molar refractivity (Wildman–Crippen MR) is 46.7 cm³/mol. The van der Waals surface area contributed by atoms with Gasteiger partial charge in [-0.2, -0.15) is 0 Å². The Kier molecular flexibility index (Phi) is 5.61. The van der Waals surface area contributed by atoms with Crippen molar-refractivity contribution >= 4 is 5.91 Å². The molecular weight excluding hydrogens is 174 g/mol. The molecule has 0 aromatic rings. The second kappa shape index (κ2) is 5.90. The summed E-state index contributed by atoms with van der Waals surface area (Å²) in [6, 6.07) is 0. The average Bonchev–Trinajstić information content (AvgIpc) is 1.99. The van der Waals surface area contributed by atoms with E-state index in [1.165, 1.54) is 6.92 Å². The highest BCUT2D eigenvalue weighted by molar-refractivity contribution is 5.75. The first kappa shape index (κ1) is 12.3. The molecular formula is C8H17NO4. The third-order valence-electron chi connectivity index (χ3n) is 1.52. The molecule has 0 aliphatic carbocycles. The molecule has 0 rings (SSSR count). The Morgan fingerprint density at radius 3 is 2.69 bits per heavy atom. The third kappa shape index (κ3) is 6.51. The lowest BCUT2D eigenvalue weighted by Crippen LogP contribution is -2.35. The van der Waals surface area contributed by atoms with Crippen molar-refractivity contribution in [1.82, 2.24) is 5.48 Å². The Labute approximate surface area is 77.7 Å². The van der Waals surface area contributed by atoms with Crippen LogP contribution in [0, 0.1) is 0 Å². The van der Waals surface area contributed by atoms with Crippen molar-refractivity contribution in [3.05, 3.63) is 0 Å². The summed E-state index contributed by atoms with van der Waals surface area (Å²) in [5.74, 6) is -0.389. The molecule has 5 nitrogen and oxygen atoms in total. The van der Waals surface area contributed by atoms with Crippen molar-refractivity contribution < 1.29 is 19.8 Å². The van der Waals surface area contributed by atoms with Crippen LogP contribution in [0.15, 0.2) is 0 Å². The monoisotopic (exact) mass is 191 g/mol. The molecule has 0 fully saturated rings. The Balaban J connectivity index is 3.75. The van der Waals surface area contributed by atoms with E-state index in [2.05, 4.69) is 10.3 Å². The van der Waals surface area contributed by atoms with Gasteiger partial charge in [0, 0.05) is 6.61 Å². The van der Waals surface area contributed by atoms with E-state index in [1.807, 2.05) is 0 Å². The molecule has 0 radical (unpaired) electrons. The van der Waals surface area contributed by atoms with Gasteiger partial charge in [0.05, 0.1) is 18.6 Å².